The van der Waals surface area contributed by atoms with Crippen molar-refractivity contribution in [2.45, 2.75) is 26.0 Å². The minimum atomic E-state index is -1.11. The van der Waals surface area contributed by atoms with Crippen molar-refractivity contribution in [3.05, 3.63) is 35.9 Å². The molecule has 0 unspecified atom stereocenters. The summed E-state index contributed by atoms with van der Waals surface area (Å²) in [7, 11) is 1.26. The lowest BCUT2D eigenvalue weighted by atomic mass is 10.1. The molecule has 0 spiro atoms. The van der Waals surface area contributed by atoms with E-state index in [0.717, 1.165) is 5.56 Å². The van der Waals surface area contributed by atoms with Crippen LogP contribution in [0.3, 0.4) is 0 Å². The average molecular weight is 251 g/mol. The summed E-state index contributed by atoms with van der Waals surface area (Å²) < 4.78 is 9.57. The van der Waals surface area contributed by atoms with Crippen molar-refractivity contribution in [3.63, 3.8) is 0 Å². The van der Waals surface area contributed by atoms with Crippen LogP contribution in [-0.4, -0.2) is 24.7 Å². The van der Waals surface area contributed by atoms with Crippen LogP contribution in [-0.2, 0) is 20.9 Å². The van der Waals surface area contributed by atoms with Crippen LogP contribution in [0.15, 0.2) is 30.3 Å². The molecule has 5 nitrogen and oxygen atoms in total. The Kier molecular flexibility index (Phi) is 4.71. The first-order valence-corrected chi connectivity index (χ1v) is 5.53. The lowest BCUT2D eigenvalue weighted by Crippen LogP contribution is -2.50. The maximum atomic E-state index is 11.5. The summed E-state index contributed by atoms with van der Waals surface area (Å²) in [5.41, 5.74) is -0.230. The van der Waals surface area contributed by atoms with Gasteiger partial charge in [-0.05, 0) is 19.4 Å². The van der Waals surface area contributed by atoms with Crippen molar-refractivity contribution in [2.24, 2.45) is 0 Å². The highest BCUT2D eigenvalue weighted by atomic mass is 16.6. The topological polar surface area (TPSA) is 64.6 Å². The molecule has 0 aromatic heterocycles. The van der Waals surface area contributed by atoms with Gasteiger partial charge in [0.2, 0.25) is 0 Å². The predicted octanol–water partition coefficient (Wildman–Crippen LogP) is 1.86. The van der Waals surface area contributed by atoms with Crippen LogP contribution >= 0.6 is 0 Å². The molecular weight excluding hydrogens is 234 g/mol. The lowest BCUT2D eigenvalue weighted by Gasteiger charge is -2.22. The van der Waals surface area contributed by atoms with Crippen LogP contribution in [0.5, 0.6) is 0 Å². The highest BCUT2D eigenvalue weighted by Crippen LogP contribution is 2.06. The number of hydrogen-bond donors (Lipinski definition) is 1. The molecule has 1 amide bonds. The van der Waals surface area contributed by atoms with Crippen LogP contribution in [0.25, 0.3) is 0 Å². The summed E-state index contributed by atoms with van der Waals surface area (Å²) in [5.74, 6) is -0.529. The Bertz CT molecular complexity index is 414. The van der Waals surface area contributed by atoms with E-state index in [2.05, 4.69) is 10.1 Å². The van der Waals surface area contributed by atoms with E-state index in [0.29, 0.717) is 0 Å². The van der Waals surface area contributed by atoms with Crippen molar-refractivity contribution in [1.82, 2.24) is 5.32 Å². The maximum Gasteiger partial charge on any atom is 0.408 e. The zero-order chi connectivity index (χ0) is 13.6. The standard InChI is InChI=1S/C13H17NO4/c1-13(2,11(15)17-3)14-12(16)18-9-10-7-5-4-6-8-10/h4-8H,9H2,1-3H3,(H,14,16). The number of benzene rings is 1. The summed E-state index contributed by atoms with van der Waals surface area (Å²) in [5, 5.41) is 2.44. The van der Waals surface area contributed by atoms with Gasteiger partial charge in [0.15, 0.2) is 0 Å². The Labute approximate surface area is 106 Å². The fourth-order valence-corrected chi connectivity index (χ4v) is 1.32. The van der Waals surface area contributed by atoms with Gasteiger partial charge in [-0.3, -0.25) is 0 Å². The SMILES string of the molecule is COC(=O)C(C)(C)NC(=O)OCc1ccccc1. The number of esters is 1. The van der Waals surface area contributed by atoms with Gasteiger partial charge in [-0.1, -0.05) is 30.3 Å². The maximum absolute atomic E-state index is 11.5. The molecule has 0 aliphatic rings. The van der Waals surface area contributed by atoms with E-state index in [4.69, 9.17) is 4.74 Å². The van der Waals surface area contributed by atoms with E-state index < -0.39 is 17.6 Å². The molecule has 0 saturated heterocycles. The first-order valence-electron chi connectivity index (χ1n) is 5.53. The third kappa shape index (κ3) is 4.08. The molecule has 1 aromatic rings. The summed E-state index contributed by atoms with van der Waals surface area (Å²) in [6.45, 7) is 3.25. The quantitative estimate of drug-likeness (QED) is 0.830. The van der Waals surface area contributed by atoms with Crippen molar-refractivity contribution in [2.75, 3.05) is 7.11 Å². The van der Waals surface area contributed by atoms with Crippen LogP contribution in [0.4, 0.5) is 4.79 Å². The minimum absolute atomic E-state index is 0.157. The minimum Gasteiger partial charge on any atom is -0.467 e. The number of amides is 1. The van der Waals surface area contributed by atoms with E-state index in [1.54, 1.807) is 13.8 Å². The molecule has 1 N–H and O–H groups in total. The van der Waals surface area contributed by atoms with Gasteiger partial charge in [-0.25, -0.2) is 9.59 Å². The van der Waals surface area contributed by atoms with Crippen molar-refractivity contribution in [3.8, 4) is 0 Å². The molecule has 0 radical (unpaired) electrons. The van der Waals surface area contributed by atoms with Crippen molar-refractivity contribution in [1.29, 1.82) is 0 Å². The molecule has 5 heteroatoms. The second kappa shape index (κ2) is 6.05. The number of ether oxygens (including phenoxy) is 2. The third-order valence-corrected chi connectivity index (χ3v) is 2.32. The number of alkyl carbamates (subject to hydrolysis) is 1. The number of nitrogens with one attached hydrogen (secondary N) is 1. The molecule has 0 heterocycles. The smallest absolute Gasteiger partial charge is 0.408 e. The molecule has 0 atom stereocenters. The Hall–Kier alpha value is -2.04. The molecule has 98 valence electrons. The molecular formula is C13H17NO4. The van der Waals surface area contributed by atoms with E-state index in [1.165, 1.54) is 7.11 Å². The lowest BCUT2D eigenvalue weighted by molar-refractivity contribution is -0.146. The van der Waals surface area contributed by atoms with Crippen molar-refractivity contribution < 1.29 is 19.1 Å². The van der Waals surface area contributed by atoms with Gasteiger partial charge < -0.3 is 14.8 Å². The zero-order valence-electron chi connectivity index (χ0n) is 10.7. The Morgan fingerprint density at radius 2 is 1.83 bits per heavy atom. The molecule has 1 aromatic carbocycles. The van der Waals surface area contributed by atoms with Gasteiger partial charge in [0.05, 0.1) is 7.11 Å². The van der Waals surface area contributed by atoms with Gasteiger partial charge in [-0.15, -0.1) is 0 Å². The zero-order valence-corrected chi connectivity index (χ0v) is 10.7. The fourth-order valence-electron chi connectivity index (χ4n) is 1.32. The summed E-state index contributed by atoms with van der Waals surface area (Å²) in [6, 6.07) is 9.28. The Morgan fingerprint density at radius 1 is 1.22 bits per heavy atom. The van der Waals surface area contributed by atoms with Gasteiger partial charge in [0.25, 0.3) is 0 Å². The van der Waals surface area contributed by atoms with Gasteiger partial charge in [-0.2, -0.15) is 0 Å². The van der Waals surface area contributed by atoms with E-state index in [1.807, 2.05) is 30.3 Å². The summed E-state index contributed by atoms with van der Waals surface area (Å²) in [4.78, 5) is 22.9. The monoisotopic (exact) mass is 251 g/mol. The number of methoxy groups -OCH3 is 1. The molecule has 0 saturated carbocycles. The molecule has 18 heavy (non-hydrogen) atoms. The number of rotatable bonds is 4. The third-order valence-electron chi connectivity index (χ3n) is 2.32. The first-order chi connectivity index (χ1) is 8.45. The summed E-state index contributed by atoms with van der Waals surface area (Å²) >= 11 is 0. The second-order valence-electron chi connectivity index (χ2n) is 4.30. The normalized spacial score (nSPS) is 10.6. The number of carbonyl (C=O) groups is 2. The van der Waals surface area contributed by atoms with Crippen LogP contribution < -0.4 is 5.32 Å². The van der Waals surface area contributed by atoms with Gasteiger partial charge in [0, 0.05) is 0 Å². The Morgan fingerprint density at radius 3 is 2.39 bits per heavy atom. The van der Waals surface area contributed by atoms with Crippen molar-refractivity contribution >= 4 is 12.1 Å². The Balaban J connectivity index is 2.45. The molecule has 0 aliphatic heterocycles. The second-order valence-corrected chi connectivity index (χ2v) is 4.30. The molecule has 0 aliphatic carbocycles. The highest BCUT2D eigenvalue weighted by molar-refractivity contribution is 5.84. The first kappa shape index (κ1) is 14.0. The molecule has 1 rings (SSSR count). The predicted molar refractivity (Wildman–Crippen MR) is 65.9 cm³/mol. The molecule has 0 bridgehead atoms. The van der Waals surface area contributed by atoms with Crippen LogP contribution in [0.1, 0.15) is 19.4 Å². The molecule has 0 fully saturated rings. The van der Waals surface area contributed by atoms with Gasteiger partial charge >= 0.3 is 12.1 Å². The van der Waals surface area contributed by atoms with E-state index in [-0.39, 0.29) is 6.61 Å². The van der Waals surface area contributed by atoms with Gasteiger partial charge in [0.1, 0.15) is 12.1 Å². The highest BCUT2D eigenvalue weighted by Gasteiger charge is 2.31. The fraction of sp³-hybridized carbons (Fsp3) is 0.385. The summed E-state index contributed by atoms with van der Waals surface area (Å²) in [6.07, 6.45) is -0.658. The largest absolute Gasteiger partial charge is 0.467 e. The van der Waals surface area contributed by atoms with Crippen LogP contribution in [0, 0.1) is 0 Å². The number of carbonyl (C=O) groups excluding carboxylic acids is 2. The van der Waals surface area contributed by atoms with E-state index >= 15 is 0 Å². The average Bonchev–Trinajstić information content (AvgIpc) is 2.36. The number of hydrogen-bond acceptors (Lipinski definition) is 4. The van der Waals surface area contributed by atoms with E-state index in [9.17, 15) is 9.59 Å². The van der Waals surface area contributed by atoms with Crippen LogP contribution in [0.2, 0.25) is 0 Å².